The number of amides is 2. The molecule has 204 valence electrons. The SMILES string of the molecule is CO[C@@]1(CCNCCCC[C@H](N)C(=O)N[C@@H](C)C(=O)N[C@@H](C)C(=O)O)O[C@H](CO)[C@H](O)[C@H](O)[C@H]1O. The molecule has 10 N–H and O–H groups in total. The number of carbonyl (C=O) groups is 3. The normalized spacial score (nSPS) is 29.1. The maximum Gasteiger partial charge on any atom is 0.325 e. The highest BCUT2D eigenvalue weighted by atomic mass is 16.7. The number of methoxy groups -OCH3 is 1. The van der Waals surface area contributed by atoms with Gasteiger partial charge in [-0.3, -0.25) is 14.4 Å². The molecule has 0 radical (unpaired) electrons. The van der Waals surface area contributed by atoms with Crippen LogP contribution >= 0.6 is 0 Å². The van der Waals surface area contributed by atoms with Crippen molar-refractivity contribution >= 4 is 17.8 Å². The van der Waals surface area contributed by atoms with E-state index in [4.69, 9.17) is 20.3 Å². The molecule has 1 saturated heterocycles. The van der Waals surface area contributed by atoms with Gasteiger partial charge in [-0.2, -0.15) is 0 Å². The van der Waals surface area contributed by atoms with Gasteiger partial charge in [-0.05, 0) is 33.2 Å². The van der Waals surface area contributed by atoms with E-state index in [1.807, 2.05) is 0 Å². The molecule has 8 atom stereocenters. The predicted molar refractivity (Wildman–Crippen MR) is 122 cm³/mol. The van der Waals surface area contributed by atoms with E-state index in [2.05, 4.69) is 16.0 Å². The van der Waals surface area contributed by atoms with Crippen LogP contribution in [0.2, 0.25) is 0 Å². The standard InChI is InChI=1S/C21H40N4O10/c1-11(18(30)25-12(2)20(32)33)24-19(31)13(22)6-4-5-8-23-9-7-21(34-3)17(29)16(28)15(27)14(10-26)35-21/h11-17,23,26-29H,4-10,22H2,1-3H3,(H,24,31)(H,25,30)(H,32,33)/t11-,12-,13-,14+,15-,16-,17+,21-/m0/s1. The summed E-state index contributed by atoms with van der Waals surface area (Å²) in [5.74, 6) is -3.93. The Balaban J connectivity index is 2.32. The number of carboxylic acids is 1. The van der Waals surface area contributed by atoms with Crippen LogP contribution in [0.1, 0.15) is 39.5 Å². The molecule has 0 bridgehead atoms. The van der Waals surface area contributed by atoms with Crippen LogP contribution in [0.4, 0.5) is 0 Å². The van der Waals surface area contributed by atoms with Crippen molar-refractivity contribution in [3.05, 3.63) is 0 Å². The van der Waals surface area contributed by atoms with Crippen LogP contribution in [-0.4, -0.2) is 118 Å². The van der Waals surface area contributed by atoms with Gasteiger partial charge in [0.15, 0.2) is 5.79 Å². The van der Waals surface area contributed by atoms with Gasteiger partial charge in [-0.1, -0.05) is 6.42 Å². The topological polar surface area (TPSA) is 233 Å². The van der Waals surface area contributed by atoms with Gasteiger partial charge in [0.05, 0.1) is 12.6 Å². The predicted octanol–water partition coefficient (Wildman–Crippen LogP) is -3.63. The highest BCUT2D eigenvalue weighted by molar-refractivity contribution is 5.91. The molecular formula is C21H40N4O10. The number of carbonyl (C=O) groups excluding carboxylic acids is 2. The lowest BCUT2D eigenvalue weighted by Crippen LogP contribution is -2.66. The minimum absolute atomic E-state index is 0.132. The number of aliphatic hydroxyl groups is 4. The number of nitrogens with two attached hydrogens (primary N) is 1. The van der Waals surface area contributed by atoms with Crippen molar-refractivity contribution in [2.24, 2.45) is 5.73 Å². The van der Waals surface area contributed by atoms with Gasteiger partial charge < -0.3 is 56.7 Å². The molecule has 0 unspecified atom stereocenters. The molecule has 1 fully saturated rings. The van der Waals surface area contributed by atoms with Crippen LogP contribution in [-0.2, 0) is 23.9 Å². The van der Waals surface area contributed by atoms with Crippen molar-refractivity contribution in [1.29, 1.82) is 0 Å². The Bertz CT molecular complexity index is 697. The molecule has 1 rings (SSSR count). The maximum absolute atomic E-state index is 12.2. The van der Waals surface area contributed by atoms with Crippen LogP contribution in [0.5, 0.6) is 0 Å². The molecule has 0 saturated carbocycles. The number of ether oxygens (including phenoxy) is 2. The fourth-order valence-electron chi connectivity index (χ4n) is 3.60. The molecule has 1 aliphatic heterocycles. The molecular weight excluding hydrogens is 468 g/mol. The maximum atomic E-state index is 12.2. The summed E-state index contributed by atoms with van der Waals surface area (Å²) in [7, 11) is 1.30. The van der Waals surface area contributed by atoms with E-state index in [0.29, 0.717) is 32.4 Å². The first-order chi connectivity index (χ1) is 16.4. The summed E-state index contributed by atoms with van der Waals surface area (Å²) in [4.78, 5) is 34.9. The summed E-state index contributed by atoms with van der Waals surface area (Å²) >= 11 is 0. The Kier molecular flexibility index (Phi) is 13.0. The van der Waals surface area contributed by atoms with E-state index in [1.165, 1.54) is 21.0 Å². The zero-order valence-corrected chi connectivity index (χ0v) is 20.3. The number of carboxylic acid groups (broad SMARTS) is 1. The number of aliphatic hydroxyl groups excluding tert-OH is 4. The second kappa shape index (κ2) is 14.6. The third-order valence-corrected chi connectivity index (χ3v) is 5.97. The number of rotatable bonds is 15. The van der Waals surface area contributed by atoms with Gasteiger partial charge in [0.25, 0.3) is 0 Å². The van der Waals surface area contributed by atoms with Crippen LogP contribution in [0.3, 0.4) is 0 Å². The quantitative estimate of drug-likeness (QED) is 0.0975. The molecule has 2 amide bonds. The second-order valence-corrected chi connectivity index (χ2v) is 8.68. The zero-order chi connectivity index (χ0) is 26.8. The van der Waals surface area contributed by atoms with E-state index in [0.717, 1.165) is 0 Å². The lowest BCUT2D eigenvalue weighted by molar-refractivity contribution is -0.358. The summed E-state index contributed by atoms with van der Waals surface area (Å²) in [6, 6.07) is -2.86. The molecule has 0 spiro atoms. The number of unbranched alkanes of at least 4 members (excludes halogenated alkanes) is 1. The molecule has 14 nitrogen and oxygen atoms in total. The van der Waals surface area contributed by atoms with Crippen LogP contribution < -0.4 is 21.7 Å². The van der Waals surface area contributed by atoms with Crippen molar-refractivity contribution in [3.8, 4) is 0 Å². The molecule has 0 aromatic carbocycles. The lowest BCUT2D eigenvalue weighted by atomic mass is 9.90. The van der Waals surface area contributed by atoms with Crippen molar-refractivity contribution in [1.82, 2.24) is 16.0 Å². The molecule has 1 aliphatic rings. The van der Waals surface area contributed by atoms with Gasteiger partial charge in [-0.25, -0.2) is 0 Å². The average molecular weight is 509 g/mol. The second-order valence-electron chi connectivity index (χ2n) is 8.68. The Morgan fingerprint density at radius 1 is 1.03 bits per heavy atom. The number of nitrogens with one attached hydrogen (secondary N) is 3. The zero-order valence-electron chi connectivity index (χ0n) is 20.3. The minimum atomic E-state index is -1.59. The van der Waals surface area contributed by atoms with Gasteiger partial charge in [0.2, 0.25) is 11.8 Å². The van der Waals surface area contributed by atoms with Crippen molar-refractivity contribution in [2.45, 2.75) is 87.9 Å². The van der Waals surface area contributed by atoms with Gasteiger partial charge in [0.1, 0.15) is 36.5 Å². The van der Waals surface area contributed by atoms with Crippen molar-refractivity contribution < 1.29 is 49.4 Å². The van der Waals surface area contributed by atoms with E-state index in [-0.39, 0.29) is 6.42 Å². The van der Waals surface area contributed by atoms with E-state index in [9.17, 15) is 34.8 Å². The highest BCUT2D eigenvalue weighted by Crippen LogP contribution is 2.33. The summed E-state index contributed by atoms with van der Waals surface area (Å²) in [5.41, 5.74) is 5.87. The molecule has 35 heavy (non-hydrogen) atoms. The summed E-state index contributed by atoms with van der Waals surface area (Å²) in [6.07, 6.45) is -3.84. The van der Waals surface area contributed by atoms with Crippen LogP contribution in [0.15, 0.2) is 0 Å². The summed E-state index contributed by atoms with van der Waals surface area (Å²) in [6.45, 7) is 3.07. The Morgan fingerprint density at radius 3 is 2.23 bits per heavy atom. The molecule has 14 heteroatoms. The van der Waals surface area contributed by atoms with E-state index >= 15 is 0 Å². The molecule has 0 aromatic heterocycles. The minimum Gasteiger partial charge on any atom is -0.480 e. The fourth-order valence-corrected chi connectivity index (χ4v) is 3.60. The first-order valence-corrected chi connectivity index (χ1v) is 11.6. The van der Waals surface area contributed by atoms with Crippen molar-refractivity contribution in [3.63, 3.8) is 0 Å². The van der Waals surface area contributed by atoms with Gasteiger partial charge in [-0.15, -0.1) is 0 Å². The third-order valence-electron chi connectivity index (χ3n) is 5.97. The number of hydrogen-bond donors (Lipinski definition) is 9. The van der Waals surface area contributed by atoms with Gasteiger partial charge >= 0.3 is 5.97 Å². The summed E-state index contributed by atoms with van der Waals surface area (Å²) < 4.78 is 10.8. The third kappa shape index (κ3) is 8.91. The van der Waals surface area contributed by atoms with Crippen LogP contribution in [0.25, 0.3) is 0 Å². The van der Waals surface area contributed by atoms with E-state index in [1.54, 1.807) is 0 Å². The first-order valence-electron chi connectivity index (χ1n) is 11.6. The highest BCUT2D eigenvalue weighted by Gasteiger charge is 2.53. The van der Waals surface area contributed by atoms with Crippen LogP contribution in [0, 0.1) is 0 Å². The molecule has 0 aromatic rings. The van der Waals surface area contributed by atoms with Gasteiger partial charge in [0, 0.05) is 20.1 Å². The monoisotopic (exact) mass is 508 g/mol. The Labute approximate surface area is 204 Å². The summed E-state index contributed by atoms with van der Waals surface area (Å²) in [5, 5.41) is 56.3. The average Bonchev–Trinajstić information content (AvgIpc) is 2.82. The number of hydrogen-bond acceptors (Lipinski definition) is 11. The number of aliphatic carboxylic acids is 1. The Morgan fingerprint density at radius 2 is 1.66 bits per heavy atom. The van der Waals surface area contributed by atoms with Crippen molar-refractivity contribution in [2.75, 3.05) is 26.8 Å². The molecule has 1 heterocycles. The Hall–Kier alpha value is -1.91. The largest absolute Gasteiger partial charge is 0.480 e. The lowest BCUT2D eigenvalue weighted by Gasteiger charge is -2.47. The van der Waals surface area contributed by atoms with E-state index < -0.39 is 72.7 Å². The smallest absolute Gasteiger partial charge is 0.325 e. The molecule has 0 aliphatic carbocycles. The first kappa shape index (κ1) is 31.1. The fraction of sp³-hybridized carbons (Fsp3) is 0.857.